The molecule has 0 aromatic carbocycles. The van der Waals surface area contributed by atoms with Gasteiger partial charge in [-0.2, -0.15) is 0 Å². The molecule has 3 rings (SSSR count). The van der Waals surface area contributed by atoms with Crippen molar-refractivity contribution in [2.45, 2.75) is 58.0 Å². The molecule has 0 bridgehead atoms. The van der Waals surface area contributed by atoms with E-state index in [0.29, 0.717) is 11.9 Å². The molecular weight excluding hydrogens is 240 g/mol. The quantitative estimate of drug-likeness (QED) is 0.905. The number of rotatable bonds is 4. The number of anilines is 1. The summed E-state index contributed by atoms with van der Waals surface area (Å²) in [4.78, 5) is 2.35. The first-order valence-corrected chi connectivity index (χ1v) is 7.63. The molecule has 3 unspecified atom stereocenters. The summed E-state index contributed by atoms with van der Waals surface area (Å²) in [6.07, 6.45) is 6.67. The Morgan fingerprint density at radius 2 is 2.16 bits per heavy atom. The third-order valence-corrected chi connectivity index (χ3v) is 4.57. The molecular formula is C14H24N4O. The summed E-state index contributed by atoms with van der Waals surface area (Å²) in [6, 6.07) is 1.50. The van der Waals surface area contributed by atoms with Gasteiger partial charge in [0.25, 0.3) is 0 Å². The monoisotopic (exact) mass is 264 g/mol. The predicted octanol–water partition coefficient (Wildman–Crippen LogP) is 2.51. The molecule has 1 saturated carbocycles. The lowest BCUT2D eigenvalue weighted by Gasteiger charge is -2.30. The summed E-state index contributed by atoms with van der Waals surface area (Å²) in [6.45, 7) is 6.13. The zero-order valence-electron chi connectivity index (χ0n) is 11.9. The van der Waals surface area contributed by atoms with E-state index in [4.69, 9.17) is 4.42 Å². The molecule has 0 radical (unpaired) electrons. The SMILES string of the molecule is CCNC(C)c1nnc(N2CCC3CCCCC32)o1. The highest BCUT2D eigenvalue weighted by Crippen LogP contribution is 2.38. The van der Waals surface area contributed by atoms with Crippen molar-refractivity contribution in [3.63, 3.8) is 0 Å². The van der Waals surface area contributed by atoms with E-state index in [9.17, 15) is 0 Å². The maximum absolute atomic E-state index is 5.87. The molecule has 1 aromatic heterocycles. The van der Waals surface area contributed by atoms with Gasteiger partial charge in [-0.1, -0.05) is 24.9 Å². The van der Waals surface area contributed by atoms with Gasteiger partial charge in [0.1, 0.15) is 0 Å². The minimum Gasteiger partial charge on any atom is -0.406 e. The van der Waals surface area contributed by atoms with E-state index in [1.165, 1.54) is 32.1 Å². The molecule has 1 aliphatic carbocycles. The van der Waals surface area contributed by atoms with Crippen molar-refractivity contribution in [3.8, 4) is 0 Å². The molecule has 5 heteroatoms. The predicted molar refractivity (Wildman–Crippen MR) is 74.1 cm³/mol. The number of nitrogens with one attached hydrogen (secondary N) is 1. The van der Waals surface area contributed by atoms with Crippen LogP contribution in [0.5, 0.6) is 0 Å². The molecule has 3 atom stereocenters. The number of aromatic nitrogens is 2. The molecule has 1 saturated heterocycles. The van der Waals surface area contributed by atoms with Crippen molar-refractivity contribution >= 4 is 6.01 Å². The van der Waals surface area contributed by atoms with Gasteiger partial charge in [-0.25, -0.2) is 0 Å². The number of fused-ring (bicyclic) bond motifs is 1. The number of hydrogen-bond acceptors (Lipinski definition) is 5. The molecule has 106 valence electrons. The van der Waals surface area contributed by atoms with E-state index >= 15 is 0 Å². The summed E-state index contributed by atoms with van der Waals surface area (Å²) < 4.78 is 5.87. The molecule has 1 aliphatic heterocycles. The molecule has 2 fully saturated rings. The maximum Gasteiger partial charge on any atom is 0.318 e. The summed E-state index contributed by atoms with van der Waals surface area (Å²) in [5, 5.41) is 11.8. The smallest absolute Gasteiger partial charge is 0.318 e. The van der Waals surface area contributed by atoms with Gasteiger partial charge >= 0.3 is 6.01 Å². The highest BCUT2D eigenvalue weighted by Gasteiger charge is 2.38. The lowest BCUT2D eigenvalue weighted by atomic mass is 9.85. The van der Waals surface area contributed by atoms with Crippen molar-refractivity contribution in [1.29, 1.82) is 0 Å². The van der Waals surface area contributed by atoms with Crippen LogP contribution in [-0.2, 0) is 0 Å². The van der Waals surface area contributed by atoms with Crippen LogP contribution in [0.2, 0.25) is 0 Å². The summed E-state index contributed by atoms with van der Waals surface area (Å²) in [7, 11) is 0. The van der Waals surface area contributed by atoms with E-state index in [1.807, 2.05) is 0 Å². The van der Waals surface area contributed by atoms with Crippen LogP contribution < -0.4 is 10.2 Å². The standard InChI is InChI=1S/C14H24N4O/c1-3-15-10(2)13-16-17-14(19-13)18-9-8-11-6-4-5-7-12(11)18/h10-12,15H,3-9H2,1-2H3. The zero-order valence-corrected chi connectivity index (χ0v) is 11.9. The third kappa shape index (κ3) is 2.48. The Labute approximate surface area is 114 Å². The summed E-state index contributed by atoms with van der Waals surface area (Å²) >= 11 is 0. The maximum atomic E-state index is 5.87. The largest absolute Gasteiger partial charge is 0.406 e. The fraction of sp³-hybridized carbons (Fsp3) is 0.857. The van der Waals surface area contributed by atoms with E-state index in [1.54, 1.807) is 0 Å². The highest BCUT2D eigenvalue weighted by molar-refractivity contribution is 5.30. The van der Waals surface area contributed by atoms with Crippen LogP contribution >= 0.6 is 0 Å². The topological polar surface area (TPSA) is 54.2 Å². The van der Waals surface area contributed by atoms with Crippen LogP contribution in [0.15, 0.2) is 4.42 Å². The molecule has 1 aromatic rings. The van der Waals surface area contributed by atoms with Crippen LogP contribution in [0, 0.1) is 5.92 Å². The Morgan fingerprint density at radius 1 is 1.32 bits per heavy atom. The molecule has 2 aliphatic rings. The molecule has 19 heavy (non-hydrogen) atoms. The van der Waals surface area contributed by atoms with Crippen LogP contribution in [0.25, 0.3) is 0 Å². The van der Waals surface area contributed by atoms with Gasteiger partial charge in [-0.15, -0.1) is 5.10 Å². The first-order valence-electron chi connectivity index (χ1n) is 7.63. The lowest BCUT2D eigenvalue weighted by Crippen LogP contribution is -2.34. The van der Waals surface area contributed by atoms with E-state index in [2.05, 4.69) is 34.3 Å². The van der Waals surface area contributed by atoms with Crippen molar-refractivity contribution in [2.75, 3.05) is 18.0 Å². The third-order valence-electron chi connectivity index (χ3n) is 4.57. The minimum atomic E-state index is 0.135. The van der Waals surface area contributed by atoms with Gasteiger partial charge in [-0.05, 0) is 38.6 Å². The minimum absolute atomic E-state index is 0.135. The summed E-state index contributed by atoms with van der Waals surface area (Å²) in [5.41, 5.74) is 0. The van der Waals surface area contributed by atoms with Gasteiger partial charge in [0, 0.05) is 12.6 Å². The Kier molecular flexibility index (Phi) is 3.73. The molecule has 0 amide bonds. The average Bonchev–Trinajstić information content (AvgIpc) is 3.05. The normalized spacial score (nSPS) is 28.4. The van der Waals surface area contributed by atoms with Gasteiger partial charge in [0.05, 0.1) is 6.04 Å². The summed E-state index contributed by atoms with van der Waals surface area (Å²) in [5.74, 6) is 1.55. The second kappa shape index (κ2) is 5.49. The fourth-order valence-electron chi connectivity index (χ4n) is 3.55. The zero-order chi connectivity index (χ0) is 13.2. The first kappa shape index (κ1) is 12.9. The first-order chi connectivity index (χ1) is 9.29. The molecule has 2 heterocycles. The van der Waals surface area contributed by atoms with Crippen molar-refractivity contribution < 1.29 is 4.42 Å². The van der Waals surface area contributed by atoms with E-state index < -0.39 is 0 Å². The van der Waals surface area contributed by atoms with Gasteiger partial charge in [-0.3, -0.25) is 0 Å². The second-order valence-corrected chi connectivity index (χ2v) is 5.80. The lowest BCUT2D eigenvalue weighted by molar-refractivity contribution is 0.332. The molecule has 1 N–H and O–H groups in total. The Morgan fingerprint density at radius 3 is 3.00 bits per heavy atom. The van der Waals surface area contributed by atoms with Crippen molar-refractivity contribution in [3.05, 3.63) is 5.89 Å². The Hall–Kier alpha value is -1.10. The van der Waals surface area contributed by atoms with Gasteiger partial charge in [0.15, 0.2) is 0 Å². The van der Waals surface area contributed by atoms with E-state index in [0.717, 1.165) is 25.0 Å². The van der Waals surface area contributed by atoms with Gasteiger partial charge in [0.2, 0.25) is 5.89 Å². The average molecular weight is 264 g/mol. The van der Waals surface area contributed by atoms with Crippen molar-refractivity contribution in [2.24, 2.45) is 5.92 Å². The van der Waals surface area contributed by atoms with Crippen molar-refractivity contribution in [1.82, 2.24) is 15.5 Å². The Balaban J connectivity index is 1.72. The van der Waals surface area contributed by atoms with Crippen LogP contribution in [0.3, 0.4) is 0 Å². The van der Waals surface area contributed by atoms with Crippen LogP contribution in [0.1, 0.15) is 57.9 Å². The van der Waals surface area contributed by atoms with Crippen LogP contribution in [-0.4, -0.2) is 29.3 Å². The fourth-order valence-corrected chi connectivity index (χ4v) is 3.55. The number of nitrogens with zero attached hydrogens (tertiary/aromatic N) is 3. The van der Waals surface area contributed by atoms with Gasteiger partial charge < -0.3 is 14.6 Å². The highest BCUT2D eigenvalue weighted by atomic mass is 16.4. The number of hydrogen-bond donors (Lipinski definition) is 1. The second-order valence-electron chi connectivity index (χ2n) is 5.80. The van der Waals surface area contributed by atoms with Crippen LogP contribution in [0.4, 0.5) is 6.01 Å². The molecule has 5 nitrogen and oxygen atoms in total. The van der Waals surface area contributed by atoms with E-state index in [-0.39, 0.29) is 6.04 Å². The Bertz CT molecular complexity index is 419. The molecule has 0 spiro atoms.